The Morgan fingerprint density at radius 1 is 1.35 bits per heavy atom. The molecule has 1 saturated carbocycles. The zero-order chi connectivity index (χ0) is 12.1. The van der Waals surface area contributed by atoms with E-state index in [9.17, 15) is 0 Å². The lowest BCUT2D eigenvalue weighted by Gasteiger charge is -2.30. The molecule has 0 amide bonds. The van der Waals surface area contributed by atoms with Crippen LogP contribution < -0.4 is 5.32 Å². The van der Waals surface area contributed by atoms with E-state index >= 15 is 0 Å². The molecular weight excluding hydrogens is 214 g/mol. The van der Waals surface area contributed by atoms with E-state index in [-0.39, 0.29) is 0 Å². The minimum absolute atomic E-state index is 0.518. The van der Waals surface area contributed by atoms with Crippen molar-refractivity contribution in [2.24, 2.45) is 13.0 Å². The number of hydrogen-bond acceptors (Lipinski definition) is 4. The smallest absolute Gasteiger partial charge is 0.176 e. The Balaban J connectivity index is 1.95. The number of likely N-dealkylation sites (N-methyl/N-ethyl adjacent to an activating group) is 1. The molecule has 0 saturated heterocycles. The van der Waals surface area contributed by atoms with Gasteiger partial charge in [-0.15, -0.1) is 10.2 Å². The summed E-state index contributed by atoms with van der Waals surface area (Å²) in [6, 6.07) is 0.518. The Bertz CT molecular complexity index is 329. The van der Waals surface area contributed by atoms with E-state index in [0.29, 0.717) is 6.04 Å². The SMILES string of the molecule is CCNC(Cc1nnn(C)n1)C1CCCCC1. The highest BCUT2D eigenvalue weighted by Crippen LogP contribution is 2.27. The Kier molecular flexibility index (Phi) is 4.48. The van der Waals surface area contributed by atoms with Crippen LogP contribution in [0.15, 0.2) is 0 Å². The van der Waals surface area contributed by atoms with E-state index in [1.54, 1.807) is 4.80 Å². The van der Waals surface area contributed by atoms with E-state index in [1.165, 1.54) is 32.1 Å². The van der Waals surface area contributed by atoms with Gasteiger partial charge in [-0.3, -0.25) is 0 Å². The fraction of sp³-hybridized carbons (Fsp3) is 0.917. The van der Waals surface area contributed by atoms with Crippen LogP contribution in [0.4, 0.5) is 0 Å². The van der Waals surface area contributed by atoms with Crippen molar-refractivity contribution in [2.45, 2.75) is 51.5 Å². The Morgan fingerprint density at radius 2 is 2.12 bits per heavy atom. The maximum atomic E-state index is 4.28. The maximum absolute atomic E-state index is 4.28. The summed E-state index contributed by atoms with van der Waals surface area (Å²) in [5.41, 5.74) is 0. The van der Waals surface area contributed by atoms with Gasteiger partial charge in [0.15, 0.2) is 5.82 Å². The van der Waals surface area contributed by atoms with Crippen molar-refractivity contribution >= 4 is 0 Å². The average molecular weight is 237 g/mol. The molecule has 0 bridgehead atoms. The monoisotopic (exact) mass is 237 g/mol. The normalized spacial score (nSPS) is 19.4. The molecule has 2 rings (SSSR count). The highest BCUT2D eigenvalue weighted by molar-refractivity contribution is 4.89. The van der Waals surface area contributed by atoms with Crippen molar-refractivity contribution in [1.82, 2.24) is 25.5 Å². The van der Waals surface area contributed by atoms with Crippen molar-refractivity contribution in [3.05, 3.63) is 5.82 Å². The minimum Gasteiger partial charge on any atom is -0.314 e. The first-order valence-corrected chi connectivity index (χ1v) is 6.76. The summed E-state index contributed by atoms with van der Waals surface area (Å²) in [6.45, 7) is 3.18. The third kappa shape index (κ3) is 3.49. The molecule has 1 fully saturated rings. The Hall–Kier alpha value is -0.970. The number of aromatic nitrogens is 4. The fourth-order valence-corrected chi connectivity index (χ4v) is 2.81. The molecule has 1 atom stereocenters. The molecule has 17 heavy (non-hydrogen) atoms. The van der Waals surface area contributed by atoms with Gasteiger partial charge in [-0.05, 0) is 30.5 Å². The van der Waals surface area contributed by atoms with Gasteiger partial charge in [0.25, 0.3) is 0 Å². The number of hydrogen-bond donors (Lipinski definition) is 1. The number of nitrogens with one attached hydrogen (secondary N) is 1. The van der Waals surface area contributed by atoms with Gasteiger partial charge in [-0.1, -0.05) is 26.2 Å². The lowest BCUT2D eigenvalue weighted by atomic mass is 9.82. The minimum atomic E-state index is 0.518. The summed E-state index contributed by atoms with van der Waals surface area (Å²) in [6.07, 6.45) is 7.75. The molecular formula is C12H23N5. The number of aryl methyl sites for hydroxylation is 1. The molecule has 1 unspecified atom stereocenters. The Morgan fingerprint density at radius 3 is 2.71 bits per heavy atom. The lowest BCUT2D eigenvalue weighted by molar-refractivity contribution is 0.267. The second-order valence-corrected chi connectivity index (χ2v) is 4.96. The third-order valence-corrected chi connectivity index (χ3v) is 3.64. The molecule has 1 N–H and O–H groups in total. The largest absolute Gasteiger partial charge is 0.314 e. The zero-order valence-electron chi connectivity index (χ0n) is 10.9. The second-order valence-electron chi connectivity index (χ2n) is 4.96. The van der Waals surface area contributed by atoms with Gasteiger partial charge in [0.05, 0.1) is 7.05 Å². The van der Waals surface area contributed by atoms with E-state index < -0.39 is 0 Å². The first-order valence-electron chi connectivity index (χ1n) is 6.76. The van der Waals surface area contributed by atoms with Gasteiger partial charge in [-0.25, -0.2) is 0 Å². The second kappa shape index (κ2) is 6.10. The van der Waals surface area contributed by atoms with Gasteiger partial charge in [-0.2, -0.15) is 4.80 Å². The summed E-state index contributed by atoms with van der Waals surface area (Å²) in [4.78, 5) is 1.54. The van der Waals surface area contributed by atoms with Crippen LogP contribution in [-0.2, 0) is 13.5 Å². The van der Waals surface area contributed by atoms with Crippen molar-refractivity contribution in [3.8, 4) is 0 Å². The molecule has 5 heteroatoms. The van der Waals surface area contributed by atoms with Gasteiger partial charge >= 0.3 is 0 Å². The van der Waals surface area contributed by atoms with Gasteiger partial charge in [0.1, 0.15) is 0 Å². The van der Waals surface area contributed by atoms with Crippen LogP contribution in [0.2, 0.25) is 0 Å². The highest BCUT2D eigenvalue weighted by Gasteiger charge is 2.24. The van der Waals surface area contributed by atoms with Crippen LogP contribution in [0.3, 0.4) is 0 Å². The van der Waals surface area contributed by atoms with Gasteiger partial charge in [0.2, 0.25) is 0 Å². The topological polar surface area (TPSA) is 55.6 Å². The molecule has 0 radical (unpaired) electrons. The summed E-state index contributed by atoms with van der Waals surface area (Å²) < 4.78 is 0. The number of nitrogens with zero attached hydrogens (tertiary/aromatic N) is 4. The van der Waals surface area contributed by atoms with Crippen molar-refractivity contribution in [3.63, 3.8) is 0 Å². The summed E-state index contributed by atoms with van der Waals surface area (Å²) in [5, 5.41) is 15.9. The van der Waals surface area contributed by atoms with E-state index in [4.69, 9.17) is 0 Å². The molecule has 1 aromatic rings. The molecule has 1 heterocycles. The van der Waals surface area contributed by atoms with Crippen molar-refractivity contribution < 1.29 is 0 Å². The molecule has 1 aliphatic carbocycles. The first kappa shape index (κ1) is 12.5. The van der Waals surface area contributed by atoms with Crippen LogP contribution >= 0.6 is 0 Å². The molecule has 5 nitrogen and oxygen atoms in total. The quantitative estimate of drug-likeness (QED) is 0.839. The van der Waals surface area contributed by atoms with E-state index in [1.807, 2.05) is 7.05 Å². The van der Waals surface area contributed by atoms with Crippen LogP contribution in [0, 0.1) is 5.92 Å². The highest BCUT2D eigenvalue weighted by atomic mass is 15.6. The molecule has 0 aromatic carbocycles. The van der Waals surface area contributed by atoms with Crippen LogP contribution in [0.1, 0.15) is 44.9 Å². The van der Waals surface area contributed by atoms with Crippen molar-refractivity contribution in [1.29, 1.82) is 0 Å². The predicted molar refractivity (Wildman–Crippen MR) is 66.5 cm³/mol. The standard InChI is InChI=1S/C12H23N5/c1-3-13-11(10-7-5-4-6-8-10)9-12-14-16-17(2)15-12/h10-11,13H,3-9H2,1-2H3. The molecule has 96 valence electrons. The first-order chi connectivity index (χ1) is 8.29. The third-order valence-electron chi connectivity index (χ3n) is 3.64. The molecule has 0 aliphatic heterocycles. The zero-order valence-corrected chi connectivity index (χ0v) is 10.9. The lowest BCUT2D eigenvalue weighted by Crippen LogP contribution is -2.39. The van der Waals surface area contributed by atoms with E-state index in [2.05, 4.69) is 27.7 Å². The predicted octanol–water partition coefficient (Wildman–Crippen LogP) is 1.31. The average Bonchev–Trinajstić information content (AvgIpc) is 2.75. The molecule has 1 aliphatic rings. The molecule has 0 spiro atoms. The van der Waals surface area contributed by atoms with E-state index in [0.717, 1.165) is 24.7 Å². The number of rotatable bonds is 5. The number of tetrazole rings is 1. The van der Waals surface area contributed by atoms with Crippen LogP contribution in [0.25, 0.3) is 0 Å². The van der Waals surface area contributed by atoms with Gasteiger partial charge < -0.3 is 5.32 Å². The van der Waals surface area contributed by atoms with Gasteiger partial charge in [0, 0.05) is 12.5 Å². The van der Waals surface area contributed by atoms with Crippen molar-refractivity contribution in [2.75, 3.05) is 6.54 Å². The summed E-state index contributed by atoms with van der Waals surface area (Å²) in [7, 11) is 1.82. The summed E-state index contributed by atoms with van der Waals surface area (Å²) >= 11 is 0. The maximum Gasteiger partial charge on any atom is 0.176 e. The van der Waals surface area contributed by atoms with Crippen LogP contribution in [-0.4, -0.2) is 32.8 Å². The van der Waals surface area contributed by atoms with Crippen LogP contribution in [0.5, 0.6) is 0 Å². The fourth-order valence-electron chi connectivity index (χ4n) is 2.81. The Labute approximate surface area is 103 Å². The molecule has 1 aromatic heterocycles. The summed E-state index contributed by atoms with van der Waals surface area (Å²) in [5.74, 6) is 1.65.